The number of ether oxygens (including phenoxy) is 1. The number of rotatable bonds is 4. The highest BCUT2D eigenvalue weighted by molar-refractivity contribution is 6.31. The van der Waals surface area contributed by atoms with Gasteiger partial charge in [-0.3, -0.25) is 0 Å². The van der Waals surface area contributed by atoms with Crippen molar-refractivity contribution in [1.82, 2.24) is 5.32 Å². The number of benzene rings is 1. The molecule has 3 heteroatoms. The first kappa shape index (κ1) is 12.3. The van der Waals surface area contributed by atoms with E-state index in [9.17, 15) is 0 Å². The third-order valence-corrected chi connectivity index (χ3v) is 2.95. The molecule has 15 heavy (non-hydrogen) atoms. The molecular weight excluding hydrogens is 210 g/mol. The summed E-state index contributed by atoms with van der Waals surface area (Å²) in [4.78, 5) is 0. The van der Waals surface area contributed by atoms with E-state index < -0.39 is 0 Å². The minimum atomic E-state index is 0.0122. The number of likely N-dealkylation sites (N-methyl/N-ethyl adjacent to an activating group) is 1. The van der Waals surface area contributed by atoms with Crippen molar-refractivity contribution in [2.75, 3.05) is 14.2 Å². The molecule has 0 saturated heterocycles. The van der Waals surface area contributed by atoms with Crippen LogP contribution in [0.3, 0.4) is 0 Å². The van der Waals surface area contributed by atoms with Gasteiger partial charge in [-0.1, -0.05) is 17.7 Å². The van der Waals surface area contributed by atoms with Crippen LogP contribution in [-0.4, -0.2) is 19.7 Å². The SMILES string of the molecule is CNC(C)(C)Cc1c(Cl)cccc1OC. The standard InChI is InChI=1S/C12H18ClNO/c1-12(2,14-3)8-9-10(13)6-5-7-11(9)15-4/h5-7,14H,8H2,1-4H3. The van der Waals surface area contributed by atoms with E-state index in [-0.39, 0.29) is 5.54 Å². The van der Waals surface area contributed by atoms with Crippen LogP contribution in [0.5, 0.6) is 5.75 Å². The first-order valence-corrected chi connectivity index (χ1v) is 5.38. The van der Waals surface area contributed by atoms with Crippen molar-refractivity contribution >= 4 is 11.6 Å². The van der Waals surface area contributed by atoms with Crippen molar-refractivity contribution in [3.8, 4) is 5.75 Å². The van der Waals surface area contributed by atoms with Crippen LogP contribution >= 0.6 is 11.6 Å². The molecule has 0 unspecified atom stereocenters. The molecule has 84 valence electrons. The largest absolute Gasteiger partial charge is 0.496 e. The Balaban J connectivity index is 3.02. The zero-order valence-corrected chi connectivity index (χ0v) is 10.5. The molecule has 0 bridgehead atoms. The third kappa shape index (κ3) is 3.11. The lowest BCUT2D eigenvalue weighted by molar-refractivity contribution is 0.386. The summed E-state index contributed by atoms with van der Waals surface area (Å²) in [5.74, 6) is 0.853. The molecule has 0 fully saturated rings. The lowest BCUT2D eigenvalue weighted by Gasteiger charge is -2.25. The summed E-state index contributed by atoms with van der Waals surface area (Å²) in [5, 5.41) is 4.02. The van der Waals surface area contributed by atoms with E-state index in [2.05, 4.69) is 19.2 Å². The van der Waals surface area contributed by atoms with Crippen LogP contribution in [-0.2, 0) is 6.42 Å². The van der Waals surface area contributed by atoms with Crippen LogP contribution in [0.25, 0.3) is 0 Å². The zero-order chi connectivity index (χ0) is 11.5. The van der Waals surface area contributed by atoms with Gasteiger partial charge < -0.3 is 10.1 Å². The molecule has 0 spiro atoms. The van der Waals surface area contributed by atoms with Crippen LogP contribution in [0.15, 0.2) is 18.2 Å². The molecule has 0 aliphatic rings. The lowest BCUT2D eigenvalue weighted by Crippen LogP contribution is -2.38. The molecule has 1 aromatic rings. The maximum atomic E-state index is 6.16. The van der Waals surface area contributed by atoms with Crippen molar-refractivity contribution in [2.24, 2.45) is 0 Å². The van der Waals surface area contributed by atoms with Gasteiger partial charge in [0.05, 0.1) is 7.11 Å². The van der Waals surface area contributed by atoms with Crippen molar-refractivity contribution in [3.63, 3.8) is 0 Å². The quantitative estimate of drug-likeness (QED) is 0.854. The van der Waals surface area contributed by atoms with Crippen molar-refractivity contribution in [3.05, 3.63) is 28.8 Å². The predicted octanol–water partition coefficient (Wildman–Crippen LogP) is 2.89. The predicted molar refractivity (Wildman–Crippen MR) is 64.8 cm³/mol. The van der Waals surface area contributed by atoms with Crippen LogP contribution in [0.1, 0.15) is 19.4 Å². The Bertz CT molecular complexity index is 336. The molecule has 0 amide bonds. The normalized spacial score (nSPS) is 11.5. The van der Waals surface area contributed by atoms with E-state index in [1.807, 2.05) is 25.2 Å². The first-order valence-electron chi connectivity index (χ1n) is 5.00. The number of methoxy groups -OCH3 is 1. The van der Waals surface area contributed by atoms with Gasteiger partial charge in [-0.25, -0.2) is 0 Å². The van der Waals surface area contributed by atoms with Crippen LogP contribution in [0.4, 0.5) is 0 Å². The minimum absolute atomic E-state index is 0.0122. The molecule has 0 aromatic heterocycles. The summed E-state index contributed by atoms with van der Waals surface area (Å²) >= 11 is 6.16. The smallest absolute Gasteiger partial charge is 0.123 e. The van der Waals surface area contributed by atoms with Gasteiger partial charge in [-0.05, 0) is 39.4 Å². The van der Waals surface area contributed by atoms with Gasteiger partial charge in [0, 0.05) is 16.1 Å². The molecule has 2 nitrogen and oxygen atoms in total. The highest BCUT2D eigenvalue weighted by Crippen LogP contribution is 2.29. The Morgan fingerprint density at radius 2 is 2.07 bits per heavy atom. The molecular formula is C12H18ClNO. The number of nitrogens with one attached hydrogen (secondary N) is 1. The van der Waals surface area contributed by atoms with E-state index >= 15 is 0 Å². The highest BCUT2D eigenvalue weighted by Gasteiger charge is 2.19. The van der Waals surface area contributed by atoms with Gasteiger partial charge in [0.2, 0.25) is 0 Å². The van der Waals surface area contributed by atoms with Gasteiger partial charge >= 0.3 is 0 Å². The molecule has 0 aliphatic carbocycles. The number of halogens is 1. The molecule has 1 rings (SSSR count). The topological polar surface area (TPSA) is 21.3 Å². The summed E-state index contributed by atoms with van der Waals surface area (Å²) in [5.41, 5.74) is 1.07. The Labute approximate surface area is 96.6 Å². The van der Waals surface area contributed by atoms with Crippen LogP contribution in [0, 0.1) is 0 Å². The maximum absolute atomic E-state index is 6.16. The average Bonchev–Trinajstić information content (AvgIpc) is 2.21. The van der Waals surface area contributed by atoms with Gasteiger partial charge in [0.15, 0.2) is 0 Å². The third-order valence-electron chi connectivity index (χ3n) is 2.59. The number of hydrogen-bond acceptors (Lipinski definition) is 2. The molecule has 1 N–H and O–H groups in total. The second-order valence-corrected chi connectivity index (χ2v) is 4.64. The Morgan fingerprint density at radius 1 is 1.40 bits per heavy atom. The second-order valence-electron chi connectivity index (χ2n) is 4.23. The van der Waals surface area contributed by atoms with Gasteiger partial charge in [0.25, 0.3) is 0 Å². The molecule has 0 atom stereocenters. The Hall–Kier alpha value is -0.730. The van der Waals surface area contributed by atoms with Gasteiger partial charge in [0.1, 0.15) is 5.75 Å². The van der Waals surface area contributed by atoms with Crippen LogP contribution in [0.2, 0.25) is 5.02 Å². The van der Waals surface area contributed by atoms with Crippen molar-refractivity contribution < 1.29 is 4.74 Å². The Kier molecular flexibility index (Phi) is 4.00. The molecule has 0 radical (unpaired) electrons. The maximum Gasteiger partial charge on any atom is 0.123 e. The summed E-state index contributed by atoms with van der Waals surface area (Å²) in [6, 6.07) is 5.73. The van der Waals surface area contributed by atoms with Crippen molar-refractivity contribution in [2.45, 2.75) is 25.8 Å². The highest BCUT2D eigenvalue weighted by atomic mass is 35.5. The summed E-state index contributed by atoms with van der Waals surface area (Å²) in [6.45, 7) is 4.27. The fourth-order valence-electron chi connectivity index (χ4n) is 1.43. The van der Waals surface area contributed by atoms with Crippen molar-refractivity contribution in [1.29, 1.82) is 0 Å². The molecule has 0 heterocycles. The molecule has 0 aliphatic heterocycles. The second kappa shape index (κ2) is 4.86. The fourth-order valence-corrected chi connectivity index (χ4v) is 1.66. The minimum Gasteiger partial charge on any atom is -0.496 e. The average molecular weight is 228 g/mol. The van der Waals surface area contributed by atoms with Gasteiger partial charge in [-0.2, -0.15) is 0 Å². The molecule has 0 saturated carbocycles. The van der Waals surface area contributed by atoms with E-state index in [4.69, 9.17) is 16.3 Å². The Morgan fingerprint density at radius 3 is 2.60 bits per heavy atom. The van der Waals surface area contributed by atoms with E-state index in [0.717, 1.165) is 22.8 Å². The summed E-state index contributed by atoms with van der Waals surface area (Å²) in [7, 11) is 3.62. The summed E-state index contributed by atoms with van der Waals surface area (Å²) < 4.78 is 5.30. The van der Waals surface area contributed by atoms with E-state index in [1.165, 1.54) is 0 Å². The van der Waals surface area contributed by atoms with E-state index in [0.29, 0.717) is 0 Å². The first-order chi connectivity index (χ1) is 7.00. The number of hydrogen-bond donors (Lipinski definition) is 1. The monoisotopic (exact) mass is 227 g/mol. The van der Waals surface area contributed by atoms with Crippen LogP contribution < -0.4 is 10.1 Å². The lowest BCUT2D eigenvalue weighted by atomic mass is 9.94. The van der Waals surface area contributed by atoms with Gasteiger partial charge in [-0.15, -0.1) is 0 Å². The summed E-state index contributed by atoms with van der Waals surface area (Å²) in [6.07, 6.45) is 0.840. The zero-order valence-electron chi connectivity index (χ0n) is 9.73. The van der Waals surface area contributed by atoms with E-state index in [1.54, 1.807) is 7.11 Å². The fraction of sp³-hybridized carbons (Fsp3) is 0.500. The molecule has 1 aromatic carbocycles.